The molecule has 0 spiro atoms. The molecule has 5 rings (SSSR count). The topological polar surface area (TPSA) is 60.9 Å². The second kappa shape index (κ2) is 7.71. The summed E-state index contributed by atoms with van der Waals surface area (Å²) >= 11 is 0. The van der Waals surface area contributed by atoms with E-state index in [9.17, 15) is 4.79 Å². The van der Waals surface area contributed by atoms with Crippen molar-refractivity contribution in [2.75, 3.05) is 18.8 Å². The van der Waals surface area contributed by atoms with Crippen molar-refractivity contribution >= 4 is 17.3 Å². The highest BCUT2D eigenvalue weighted by Crippen LogP contribution is 2.40. The molecule has 1 aliphatic heterocycles. The zero-order valence-electron chi connectivity index (χ0n) is 16.7. The molecule has 1 fully saturated rings. The molecule has 0 bridgehead atoms. The normalized spacial score (nSPS) is 14.4. The fourth-order valence-corrected chi connectivity index (χ4v) is 3.64. The molecule has 3 aromatic rings. The molecule has 6 nitrogen and oxygen atoms in total. The Kier molecular flexibility index (Phi) is 4.75. The molecule has 1 saturated carbocycles. The van der Waals surface area contributed by atoms with Crippen LogP contribution in [-0.4, -0.2) is 24.8 Å². The predicted octanol–water partition coefficient (Wildman–Crippen LogP) is 4.48. The summed E-state index contributed by atoms with van der Waals surface area (Å²) in [6.45, 7) is 0.203. The number of methoxy groups -OCH3 is 1. The number of amides is 1. The number of anilines is 2. The molecule has 2 aromatic carbocycles. The zero-order chi connectivity index (χ0) is 20.5. The molecule has 1 aliphatic carbocycles. The molecule has 0 saturated heterocycles. The average Bonchev–Trinajstić information content (AvgIpc) is 3.53. The van der Waals surface area contributed by atoms with E-state index in [-0.39, 0.29) is 18.6 Å². The highest BCUT2D eigenvalue weighted by molar-refractivity contribution is 6.03. The van der Waals surface area contributed by atoms with Crippen molar-refractivity contribution in [1.82, 2.24) is 4.98 Å². The van der Waals surface area contributed by atoms with Gasteiger partial charge in [-0.15, -0.1) is 0 Å². The first-order valence-electron chi connectivity index (χ1n) is 10.0. The first kappa shape index (κ1) is 18.5. The van der Waals surface area contributed by atoms with E-state index in [1.54, 1.807) is 18.2 Å². The van der Waals surface area contributed by atoms with E-state index in [2.05, 4.69) is 4.98 Å². The van der Waals surface area contributed by atoms with Gasteiger partial charge in [-0.1, -0.05) is 18.2 Å². The molecule has 0 atom stereocenters. The van der Waals surface area contributed by atoms with Crippen LogP contribution in [0.15, 0.2) is 60.8 Å². The standard InChI is InChI=1S/C24H22N2O4/c1-28-21-5-3-2-4-17(21)12-18-8-9-20(14-25-18)26(24(27)16-6-7-16)19-10-11-22-23(13-19)30-15-29-22/h2-5,8-11,13-14,16H,6-7,12,15H2,1H3. The quantitative estimate of drug-likeness (QED) is 0.608. The van der Waals surface area contributed by atoms with Gasteiger partial charge in [-0.3, -0.25) is 14.7 Å². The summed E-state index contributed by atoms with van der Waals surface area (Å²) in [6, 6.07) is 17.4. The van der Waals surface area contributed by atoms with Gasteiger partial charge in [0.05, 0.1) is 24.7 Å². The number of carbonyl (C=O) groups excluding carboxylic acids is 1. The Labute approximate surface area is 175 Å². The largest absolute Gasteiger partial charge is 0.496 e. The van der Waals surface area contributed by atoms with Gasteiger partial charge >= 0.3 is 0 Å². The van der Waals surface area contributed by atoms with Crippen molar-refractivity contribution in [3.05, 3.63) is 72.1 Å². The van der Waals surface area contributed by atoms with E-state index >= 15 is 0 Å². The minimum atomic E-state index is 0.0729. The SMILES string of the molecule is COc1ccccc1Cc1ccc(N(C(=O)C2CC2)c2ccc3c(c2)OCO3)cn1. The summed E-state index contributed by atoms with van der Waals surface area (Å²) in [5.41, 5.74) is 3.49. The number of para-hydroxylation sites is 1. The third-order valence-electron chi connectivity index (χ3n) is 5.39. The van der Waals surface area contributed by atoms with Crippen molar-refractivity contribution < 1.29 is 19.0 Å². The number of ether oxygens (including phenoxy) is 3. The lowest BCUT2D eigenvalue weighted by Gasteiger charge is -2.23. The number of carbonyl (C=O) groups is 1. The number of pyridine rings is 1. The maximum absolute atomic E-state index is 13.1. The van der Waals surface area contributed by atoms with Gasteiger partial charge in [-0.2, -0.15) is 0 Å². The van der Waals surface area contributed by atoms with E-state index < -0.39 is 0 Å². The zero-order valence-corrected chi connectivity index (χ0v) is 16.7. The molecule has 1 amide bonds. The Morgan fingerprint density at radius 3 is 2.63 bits per heavy atom. The van der Waals surface area contributed by atoms with Crippen LogP contribution in [0.4, 0.5) is 11.4 Å². The lowest BCUT2D eigenvalue weighted by molar-refractivity contribution is -0.119. The molecule has 0 N–H and O–H groups in total. The molecular formula is C24H22N2O4. The van der Waals surface area contributed by atoms with Gasteiger partial charge < -0.3 is 14.2 Å². The Hall–Kier alpha value is -3.54. The number of hydrogen-bond acceptors (Lipinski definition) is 5. The Morgan fingerprint density at radius 1 is 1.07 bits per heavy atom. The number of benzene rings is 2. The smallest absolute Gasteiger partial charge is 0.234 e. The summed E-state index contributed by atoms with van der Waals surface area (Å²) in [5, 5.41) is 0. The van der Waals surface area contributed by atoms with Gasteiger partial charge in [0.25, 0.3) is 0 Å². The molecule has 2 aliphatic rings. The Bertz CT molecular complexity index is 1080. The number of hydrogen-bond donors (Lipinski definition) is 0. The van der Waals surface area contributed by atoms with Crippen LogP contribution >= 0.6 is 0 Å². The number of aromatic nitrogens is 1. The van der Waals surface area contributed by atoms with Crippen LogP contribution in [0.1, 0.15) is 24.1 Å². The van der Waals surface area contributed by atoms with Crippen molar-refractivity contribution in [2.45, 2.75) is 19.3 Å². The summed E-state index contributed by atoms with van der Waals surface area (Å²) < 4.78 is 16.3. The fourth-order valence-electron chi connectivity index (χ4n) is 3.64. The van der Waals surface area contributed by atoms with Crippen LogP contribution in [-0.2, 0) is 11.2 Å². The third kappa shape index (κ3) is 3.56. The fraction of sp³-hybridized carbons (Fsp3) is 0.250. The first-order valence-corrected chi connectivity index (χ1v) is 10.0. The van der Waals surface area contributed by atoms with E-state index in [0.29, 0.717) is 17.9 Å². The Balaban J connectivity index is 1.44. The molecular weight excluding hydrogens is 380 g/mol. The van der Waals surface area contributed by atoms with Crippen molar-refractivity contribution in [2.24, 2.45) is 5.92 Å². The third-order valence-corrected chi connectivity index (χ3v) is 5.39. The second-order valence-corrected chi connectivity index (χ2v) is 7.48. The Morgan fingerprint density at radius 2 is 1.87 bits per heavy atom. The van der Waals surface area contributed by atoms with E-state index in [1.165, 1.54) is 0 Å². The lowest BCUT2D eigenvalue weighted by Crippen LogP contribution is -2.27. The van der Waals surface area contributed by atoms with Crippen LogP contribution in [0.25, 0.3) is 0 Å². The van der Waals surface area contributed by atoms with Crippen LogP contribution in [0.3, 0.4) is 0 Å². The number of fused-ring (bicyclic) bond motifs is 1. The van der Waals surface area contributed by atoms with Crippen LogP contribution in [0.5, 0.6) is 17.2 Å². The lowest BCUT2D eigenvalue weighted by atomic mass is 10.1. The molecule has 30 heavy (non-hydrogen) atoms. The van der Waals surface area contributed by atoms with Crippen LogP contribution in [0.2, 0.25) is 0 Å². The highest BCUT2D eigenvalue weighted by Gasteiger charge is 2.35. The number of nitrogens with zero attached hydrogens (tertiary/aromatic N) is 2. The summed E-state index contributed by atoms with van der Waals surface area (Å²) in [7, 11) is 1.67. The summed E-state index contributed by atoms with van der Waals surface area (Å²) in [6.07, 6.45) is 4.28. The minimum absolute atomic E-state index is 0.0729. The van der Waals surface area contributed by atoms with Crippen molar-refractivity contribution in [3.8, 4) is 17.2 Å². The summed E-state index contributed by atoms with van der Waals surface area (Å²) in [4.78, 5) is 19.4. The molecule has 0 radical (unpaired) electrons. The minimum Gasteiger partial charge on any atom is -0.496 e. The van der Waals surface area contributed by atoms with Crippen molar-refractivity contribution in [3.63, 3.8) is 0 Å². The van der Waals surface area contributed by atoms with Gasteiger partial charge in [0.15, 0.2) is 11.5 Å². The first-order chi connectivity index (χ1) is 14.7. The monoisotopic (exact) mass is 402 g/mol. The average molecular weight is 402 g/mol. The maximum atomic E-state index is 13.1. The van der Waals surface area contributed by atoms with Gasteiger partial charge in [0, 0.05) is 29.7 Å². The maximum Gasteiger partial charge on any atom is 0.234 e. The van der Waals surface area contributed by atoms with Gasteiger partial charge in [-0.25, -0.2) is 0 Å². The molecule has 152 valence electrons. The van der Waals surface area contributed by atoms with E-state index in [4.69, 9.17) is 14.2 Å². The molecule has 6 heteroatoms. The summed E-state index contributed by atoms with van der Waals surface area (Å²) in [5.74, 6) is 2.36. The van der Waals surface area contributed by atoms with Crippen LogP contribution in [0, 0.1) is 5.92 Å². The van der Waals surface area contributed by atoms with Gasteiger partial charge in [0.2, 0.25) is 12.7 Å². The van der Waals surface area contributed by atoms with Crippen molar-refractivity contribution in [1.29, 1.82) is 0 Å². The molecule has 0 unspecified atom stereocenters. The van der Waals surface area contributed by atoms with E-state index in [0.717, 1.165) is 41.2 Å². The number of rotatable bonds is 6. The van der Waals surface area contributed by atoms with Gasteiger partial charge in [0.1, 0.15) is 5.75 Å². The van der Waals surface area contributed by atoms with Gasteiger partial charge in [-0.05, 0) is 43.2 Å². The molecule has 2 heterocycles. The van der Waals surface area contributed by atoms with E-state index in [1.807, 2.05) is 54.6 Å². The predicted molar refractivity (Wildman–Crippen MR) is 112 cm³/mol. The molecule has 1 aromatic heterocycles. The second-order valence-electron chi connectivity index (χ2n) is 7.48. The van der Waals surface area contributed by atoms with Crippen LogP contribution < -0.4 is 19.1 Å². The highest BCUT2D eigenvalue weighted by atomic mass is 16.7.